The van der Waals surface area contributed by atoms with Crippen molar-refractivity contribution >= 4 is 5.91 Å². The summed E-state index contributed by atoms with van der Waals surface area (Å²) in [5.74, 6) is -0.108. The maximum Gasteiger partial charge on any atom is 0.239 e. The van der Waals surface area contributed by atoms with Gasteiger partial charge in [0.25, 0.3) is 0 Å². The van der Waals surface area contributed by atoms with Gasteiger partial charge < -0.3 is 20.7 Å². The smallest absolute Gasteiger partial charge is 0.239 e. The van der Waals surface area contributed by atoms with E-state index in [2.05, 4.69) is 24.2 Å². The van der Waals surface area contributed by atoms with E-state index in [9.17, 15) is 4.79 Å². The number of nitrogens with one attached hydrogen (secondary N) is 1. The van der Waals surface area contributed by atoms with Crippen LogP contribution in [0.2, 0.25) is 0 Å². The van der Waals surface area contributed by atoms with Gasteiger partial charge in [0.15, 0.2) is 0 Å². The molecule has 3 N–H and O–H groups in total. The Morgan fingerprint density at radius 2 is 2.38 bits per heavy atom. The Hall–Kier alpha value is -0.650. The summed E-state index contributed by atoms with van der Waals surface area (Å²) in [6.45, 7) is 3.47. The lowest BCUT2D eigenvalue weighted by atomic mass is 9.98. The van der Waals surface area contributed by atoms with Gasteiger partial charge in [0.1, 0.15) is 6.04 Å². The molecule has 1 fully saturated rings. The Kier molecular flexibility index (Phi) is 5.18. The van der Waals surface area contributed by atoms with Crippen molar-refractivity contribution in [2.45, 2.75) is 37.9 Å². The van der Waals surface area contributed by atoms with E-state index in [1.165, 1.54) is 0 Å². The van der Waals surface area contributed by atoms with E-state index >= 15 is 0 Å². The van der Waals surface area contributed by atoms with E-state index in [-0.39, 0.29) is 18.6 Å². The van der Waals surface area contributed by atoms with Crippen molar-refractivity contribution in [2.75, 3.05) is 27.3 Å². The maximum atomic E-state index is 11.7. The number of rotatable bonds is 4. The van der Waals surface area contributed by atoms with Gasteiger partial charge in [-0.25, -0.2) is 0 Å². The van der Waals surface area contributed by atoms with Crippen LogP contribution in [0.4, 0.5) is 0 Å². The van der Waals surface area contributed by atoms with Gasteiger partial charge in [-0.15, -0.1) is 0 Å². The van der Waals surface area contributed by atoms with Gasteiger partial charge in [0.05, 0.1) is 6.61 Å². The standard InChI is InChI=1S/C11H23N3O2/c1-8-6-9(4-5-14(8)2)13-11(15)10(12)7-16-3/h8-10H,4-7,12H2,1-3H3,(H,13,15). The predicted molar refractivity (Wildman–Crippen MR) is 63.1 cm³/mol. The van der Waals surface area contributed by atoms with E-state index < -0.39 is 6.04 Å². The number of hydrogen-bond acceptors (Lipinski definition) is 4. The molecule has 0 saturated carbocycles. The Labute approximate surface area is 97.3 Å². The summed E-state index contributed by atoms with van der Waals surface area (Å²) in [4.78, 5) is 14.0. The first-order valence-electron chi connectivity index (χ1n) is 5.79. The number of nitrogens with zero attached hydrogens (tertiary/aromatic N) is 1. The first kappa shape index (κ1) is 13.4. The van der Waals surface area contributed by atoms with Crippen LogP contribution in [0.3, 0.4) is 0 Å². The normalized spacial score (nSPS) is 28.8. The third-order valence-electron chi connectivity index (χ3n) is 3.24. The molecule has 0 aromatic rings. The van der Waals surface area contributed by atoms with Crippen LogP contribution in [0.1, 0.15) is 19.8 Å². The minimum atomic E-state index is -0.556. The highest BCUT2D eigenvalue weighted by Crippen LogP contribution is 2.15. The first-order chi connectivity index (χ1) is 7.54. The summed E-state index contributed by atoms with van der Waals surface area (Å²) in [7, 11) is 3.66. The highest BCUT2D eigenvalue weighted by atomic mass is 16.5. The average molecular weight is 229 g/mol. The van der Waals surface area contributed by atoms with Gasteiger partial charge in [-0.1, -0.05) is 0 Å². The van der Waals surface area contributed by atoms with Crippen LogP contribution in [-0.4, -0.2) is 56.2 Å². The molecule has 1 amide bonds. The van der Waals surface area contributed by atoms with Crippen LogP contribution in [0.25, 0.3) is 0 Å². The van der Waals surface area contributed by atoms with Crippen molar-refractivity contribution in [1.82, 2.24) is 10.2 Å². The SMILES string of the molecule is COCC(N)C(=O)NC1CCN(C)C(C)C1. The van der Waals surface area contributed by atoms with Gasteiger partial charge in [0, 0.05) is 25.7 Å². The summed E-state index contributed by atoms with van der Waals surface area (Å²) in [6, 6.07) is 0.208. The van der Waals surface area contributed by atoms with Crippen LogP contribution >= 0.6 is 0 Å². The molecule has 0 aromatic heterocycles. The average Bonchev–Trinajstić information content (AvgIpc) is 2.24. The fraction of sp³-hybridized carbons (Fsp3) is 0.909. The van der Waals surface area contributed by atoms with E-state index in [0.29, 0.717) is 6.04 Å². The predicted octanol–water partition coefficient (Wildman–Crippen LogP) is -0.441. The van der Waals surface area contributed by atoms with E-state index in [0.717, 1.165) is 19.4 Å². The minimum Gasteiger partial charge on any atom is -0.383 e. The number of piperidine rings is 1. The van der Waals surface area contributed by atoms with Crippen molar-refractivity contribution in [3.8, 4) is 0 Å². The molecule has 5 nitrogen and oxygen atoms in total. The first-order valence-corrected chi connectivity index (χ1v) is 5.79. The molecule has 1 rings (SSSR count). The van der Waals surface area contributed by atoms with Gasteiger partial charge in [-0.05, 0) is 26.8 Å². The van der Waals surface area contributed by atoms with Crippen LogP contribution in [0, 0.1) is 0 Å². The number of ether oxygens (including phenoxy) is 1. The van der Waals surface area contributed by atoms with Crippen LogP contribution in [0.5, 0.6) is 0 Å². The zero-order chi connectivity index (χ0) is 12.1. The van der Waals surface area contributed by atoms with E-state index in [4.69, 9.17) is 10.5 Å². The Balaban J connectivity index is 2.34. The molecule has 1 aliphatic heterocycles. The van der Waals surface area contributed by atoms with Gasteiger partial charge in [-0.2, -0.15) is 0 Å². The van der Waals surface area contributed by atoms with Crippen molar-refractivity contribution in [1.29, 1.82) is 0 Å². The molecule has 16 heavy (non-hydrogen) atoms. The molecule has 5 heteroatoms. The summed E-state index contributed by atoms with van der Waals surface area (Å²) in [6.07, 6.45) is 1.98. The molecule has 3 atom stereocenters. The molecule has 1 saturated heterocycles. The largest absolute Gasteiger partial charge is 0.383 e. The lowest BCUT2D eigenvalue weighted by molar-refractivity contribution is -0.124. The summed E-state index contributed by atoms with van der Waals surface area (Å²) in [5.41, 5.74) is 5.66. The van der Waals surface area contributed by atoms with E-state index in [1.807, 2.05) is 0 Å². The molecule has 0 aliphatic carbocycles. The fourth-order valence-corrected chi connectivity index (χ4v) is 1.98. The molecule has 1 aliphatic rings. The summed E-state index contributed by atoms with van der Waals surface area (Å²) >= 11 is 0. The van der Waals surface area contributed by atoms with Crippen molar-refractivity contribution in [3.05, 3.63) is 0 Å². The molecule has 0 aromatic carbocycles. The van der Waals surface area contributed by atoms with Crippen LogP contribution in [-0.2, 0) is 9.53 Å². The number of nitrogens with two attached hydrogens (primary N) is 1. The number of methoxy groups -OCH3 is 1. The Morgan fingerprint density at radius 3 is 2.94 bits per heavy atom. The number of carbonyl (C=O) groups excluding carboxylic acids is 1. The second-order valence-corrected chi connectivity index (χ2v) is 4.62. The summed E-state index contributed by atoms with van der Waals surface area (Å²) in [5, 5.41) is 2.98. The van der Waals surface area contributed by atoms with Crippen molar-refractivity contribution in [2.24, 2.45) is 5.73 Å². The molecule has 1 heterocycles. The topological polar surface area (TPSA) is 67.6 Å². The van der Waals surface area contributed by atoms with Gasteiger partial charge in [0.2, 0.25) is 5.91 Å². The molecule has 94 valence electrons. The maximum absolute atomic E-state index is 11.7. The van der Waals surface area contributed by atoms with Crippen molar-refractivity contribution in [3.63, 3.8) is 0 Å². The van der Waals surface area contributed by atoms with Crippen LogP contribution in [0.15, 0.2) is 0 Å². The zero-order valence-electron chi connectivity index (χ0n) is 10.4. The van der Waals surface area contributed by atoms with E-state index in [1.54, 1.807) is 7.11 Å². The van der Waals surface area contributed by atoms with Gasteiger partial charge in [-0.3, -0.25) is 4.79 Å². The molecule has 0 spiro atoms. The lowest BCUT2D eigenvalue weighted by Gasteiger charge is -2.35. The molecular formula is C11H23N3O2. The molecule has 3 unspecified atom stereocenters. The molecule has 0 bridgehead atoms. The zero-order valence-corrected chi connectivity index (χ0v) is 10.4. The lowest BCUT2D eigenvalue weighted by Crippen LogP contribution is -2.52. The quantitative estimate of drug-likeness (QED) is 0.686. The van der Waals surface area contributed by atoms with Gasteiger partial charge >= 0.3 is 0 Å². The number of carbonyl (C=O) groups is 1. The summed E-state index contributed by atoms with van der Waals surface area (Å²) < 4.78 is 4.86. The Morgan fingerprint density at radius 1 is 1.69 bits per heavy atom. The third-order valence-corrected chi connectivity index (χ3v) is 3.24. The molecule has 0 radical (unpaired) electrons. The van der Waals surface area contributed by atoms with Crippen LogP contribution < -0.4 is 11.1 Å². The second-order valence-electron chi connectivity index (χ2n) is 4.62. The van der Waals surface area contributed by atoms with Crippen molar-refractivity contribution < 1.29 is 9.53 Å². The fourth-order valence-electron chi connectivity index (χ4n) is 1.98. The highest BCUT2D eigenvalue weighted by Gasteiger charge is 2.25. The highest BCUT2D eigenvalue weighted by molar-refractivity contribution is 5.81. The number of amides is 1. The third kappa shape index (κ3) is 3.73. The number of hydrogen-bond donors (Lipinski definition) is 2. The monoisotopic (exact) mass is 229 g/mol. The number of likely N-dealkylation sites (tertiary alicyclic amines) is 1. The second kappa shape index (κ2) is 6.18. The Bertz CT molecular complexity index is 235. The minimum absolute atomic E-state index is 0.108. The molecular weight excluding hydrogens is 206 g/mol.